The summed E-state index contributed by atoms with van der Waals surface area (Å²) in [7, 11) is 5.25. The predicted molar refractivity (Wildman–Crippen MR) is 143 cm³/mol. The number of likely N-dealkylation sites (N-methyl/N-ethyl adjacent to an activating group) is 1. The van der Waals surface area contributed by atoms with Gasteiger partial charge in [-0.2, -0.15) is 18.9 Å². The van der Waals surface area contributed by atoms with E-state index in [1.54, 1.807) is 44.5 Å². The molecule has 1 aliphatic rings. The molecule has 36 heavy (non-hydrogen) atoms. The van der Waals surface area contributed by atoms with Gasteiger partial charge in [-0.15, -0.1) is 26.5 Å². The number of hydrogen-bond donors (Lipinski definition) is 2. The summed E-state index contributed by atoms with van der Waals surface area (Å²) in [5.41, 5.74) is 3.33. The molecule has 3 rings (SSSR count). The Labute approximate surface area is 265 Å². The molecule has 2 N–H and O–H groups in total. The van der Waals surface area contributed by atoms with Crippen molar-refractivity contribution in [2.24, 2.45) is 5.92 Å². The minimum atomic E-state index is -0.143. The molecular weight excluding hydrogens is 549 g/mol. The van der Waals surface area contributed by atoms with Crippen LogP contribution in [0.15, 0.2) is 34.8 Å². The van der Waals surface area contributed by atoms with Crippen LogP contribution in [0.25, 0.3) is 0 Å². The number of nitrogens with one attached hydrogen (secondary N) is 2. The van der Waals surface area contributed by atoms with E-state index in [2.05, 4.69) is 39.9 Å². The van der Waals surface area contributed by atoms with Crippen LogP contribution in [-0.2, 0) is 14.4 Å². The van der Waals surface area contributed by atoms with Gasteiger partial charge in [0.25, 0.3) is 0 Å². The fourth-order valence-electron chi connectivity index (χ4n) is 3.62. The summed E-state index contributed by atoms with van der Waals surface area (Å²) < 4.78 is 5.92. The molecule has 1 aliphatic carbocycles. The van der Waals surface area contributed by atoms with E-state index in [0.29, 0.717) is 21.3 Å². The van der Waals surface area contributed by atoms with Crippen LogP contribution in [0.1, 0.15) is 42.4 Å². The third kappa shape index (κ3) is 10.7. The van der Waals surface area contributed by atoms with E-state index < -0.39 is 0 Å². The quantitative estimate of drug-likeness (QED) is 0.385. The van der Waals surface area contributed by atoms with Crippen LogP contribution in [0, 0.1) is 26.2 Å². The van der Waals surface area contributed by atoms with Crippen molar-refractivity contribution in [2.75, 3.05) is 38.4 Å². The molecule has 0 spiro atoms. The summed E-state index contributed by atoms with van der Waals surface area (Å²) in [5, 5.41) is 5.68. The Bertz CT molecular complexity index is 1040. The average Bonchev–Trinajstić information content (AvgIpc) is 2.82. The molecule has 7 nitrogen and oxygen atoms in total. The Morgan fingerprint density at radius 1 is 1.17 bits per heavy atom. The first kappa shape index (κ1) is 32.8. The van der Waals surface area contributed by atoms with E-state index in [4.69, 9.17) is 4.74 Å². The van der Waals surface area contributed by atoms with Gasteiger partial charge >= 0.3 is 51.4 Å². The summed E-state index contributed by atoms with van der Waals surface area (Å²) in [6.07, 6.45) is 8.08. The number of amides is 2. The smallest absolute Gasteiger partial charge is 0.496 e. The van der Waals surface area contributed by atoms with Gasteiger partial charge in [0, 0.05) is 17.7 Å². The topological polar surface area (TPSA) is 87.7 Å². The van der Waals surface area contributed by atoms with Crippen LogP contribution in [0.2, 0.25) is 0 Å². The number of anilines is 2. The zero-order valence-electron chi connectivity index (χ0n) is 21.7. The number of methoxy groups -OCH3 is 1. The maximum atomic E-state index is 12.1. The summed E-state index contributed by atoms with van der Waals surface area (Å²) in [6, 6.07) is 9.01. The number of hydrogen-bond acceptors (Lipinski definition) is 5. The van der Waals surface area contributed by atoms with Crippen molar-refractivity contribution in [3.63, 3.8) is 0 Å². The summed E-state index contributed by atoms with van der Waals surface area (Å²) in [5.74, 6) is 0.955. The normalized spacial score (nSPS) is 13.1. The van der Waals surface area contributed by atoms with E-state index in [1.807, 2.05) is 25.1 Å². The van der Waals surface area contributed by atoms with Gasteiger partial charge in [0.1, 0.15) is 5.75 Å². The predicted octanol–water partition coefficient (Wildman–Crippen LogP) is 1.93. The zero-order valence-corrected chi connectivity index (χ0v) is 26.5. The van der Waals surface area contributed by atoms with Crippen LogP contribution in [0.5, 0.6) is 5.75 Å². The average molecular weight is 583 g/mol. The van der Waals surface area contributed by atoms with Crippen LogP contribution in [0.4, 0.5) is 11.4 Å². The first-order chi connectivity index (χ1) is 16.6. The molecule has 2 amide bonds. The molecule has 1 fully saturated rings. The summed E-state index contributed by atoms with van der Waals surface area (Å²) >= 11 is 3.28. The van der Waals surface area contributed by atoms with Gasteiger partial charge in [0.05, 0.1) is 13.7 Å². The van der Waals surface area contributed by atoms with Crippen LogP contribution in [0.3, 0.4) is 0 Å². The molecule has 0 aromatic heterocycles. The number of benzene rings is 2. The van der Waals surface area contributed by atoms with E-state index in [-0.39, 0.29) is 75.7 Å². The molecule has 0 bridgehead atoms. The van der Waals surface area contributed by atoms with Gasteiger partial charge in [0.15, 0.2) is 0 Å². The first-order valence-electron chi connectivity index (χ1n) is 11.4. The Balaban J connectivity index is 0.000000351. The monoisotopic (exact) mass is 581 g/mol. The third-order valence-electron chi connectivity index (χ3n) is 5.53. The molecule has 2 aromatic carbocycles. The number of nitrogens with zero attached hydrogens (tertiary/aromatic N) is 1. The molecule has 0 atom stereocenters. The van der Waals surface area contributed by atoms with E-state index in [0.717, 1.165) is 42.7 Å². The number of halogens is 1. The fourth-order valence-corrected chi connectivity index (χ4v) is 4.08. The van der Waals surface area contributed by atoms with Crippen molar-refractivity contribution >= 4 is 45.4 Å². The Morgan fingerprint density at radius 3 is 2.42 bits per heavy atom. The van der Waals surface area contributed by atoms with Crippen molar-refractivity contribution in [1.82, 2.24) is 4.90 Å². The minimum absolute atomic E-state index is 0. The molecule has 9 heteroatoms. The van der Waals surface area contributed by atoms with E-state index in [1.165, 1.54) is 0 Å². The van der Waals surface area contributed by atoms with Crippen molar-refractivity contribution in [1.29, 1.82) is 0 Å². The molecule has 190 valence electrons. The molecule has 0 heterocycles. The Morgan fingerprint density at radius 2 is 1.83 bits per heavy atom. The molecular formula is C27H33BrKN3O4-2. The van der Waals surface area contributed by atoms with Crippen LogP contribution >= 0.6 is 15.9 Å². The second kappa shape index (κ2) is 16.6. The molecule has 1 saturated carbocycles. The number of carbonyl (C=O) groups excluding carboxylic acids is 3. The van der Waals surface area contributed by atoms with Crippen LogP contribution < -0.4 is 66.8 Å². The largest absolute Gasteiger partial charge is 1.00 e. The molecule has 0 unspecified atom stereocenters. The van der Waals surface area contributed by atoms with Gasteiger partial charge in [-0.05, 0) is 44.6 Å². The van der Waals surface area contributed by atoms with E-state index >= 15 is 0 Å². The van der Waals surface area contributed by atoms with Gasteiger partial charge in [-0.3, -0.25) is 27.6 Å². The number of rotatable bonds is 7. The summed E-state index contributed by atoms with van der Waals surface area (Å²) in [4.78, 5) is 36.1. The molecule has 0 saturated heterocycles. The van der Waals surface area contributed by atoms with Crippen molar-refractivity contribution in [3.8, 4) is 5.75 Å². The molecule has 0 radical (unpaired) electrons. The number of ether oxygens (including phenoxy) is 1. The van der Waals surface area contributed by atoms with Crippen molar-refractivity contribution in [3.05, 3.63) is 64.8 Å². The van der Waals surface area contributed by atoms with Gasteiger partial charge in [-0.1, -0.05) is 18.9 Å². The molecule has 0 aliphatic heterocycles. The van der Waals surface area contributed by atoms with Crippen molar-refractivity contribution < 1.29 is 70.5 Å². The van der Waals surface area contributed by atoms with Crippen molar-refractivity contribution in [2.45, 2.75) is 32.6 Å². The minimum Gasteiger partial charge on any atom is -0.496 e. The molecule has 2 aromatic rings. The first-order valence-corrected chi connectivity index (χ1v) is 12.2. The second-order valence-corrected chi connectivity index (χ2v) is 9.54. The van der Waals surface area contributed by atoms with Gasteiger partial charge < -0.3 is 31.5 Å². The van der Waals surface area contributed by atoms with E-state index in [9.17, 15) is 14.4 Å². The van der Waals surface area contributed by atoms with Gasteiger partial charge in [-0.25, -0.2) is 0 Å². The number of carbonyl (C=O) groups is 2. The SMILES string of the molecule is COc1cc(NC(=O)C2CC[CH-]CC2)ccc1C.[CH2-]c1c(Br)cc(NC(=O)CN(C)C)cc1[C-]=O.[K+]. The zero-order chi connectivity index (χ0) is 26.0. The maximum absolute atomic E-state index is 12.1. The number of aryl methyl sites for hydroxylation is 1. The maximum Gasteiger partial charge on any atom is 1.00 e. The Kier molecular flexibility index (Phi) is 15.1. The third-order valence-corrected chi connectivity index (χ3v) is 6.24. The van der Waals surface area contributed by atoms with Crippen LogP contribution in [-0.4, -0.2) is 50.8 Å². The van der Waals surface area contributed by atoms with Gasteiger partial charge in [0.2, 0.25) is 11.8 Å². The fraction of sp³-hybridized carbons (Fsp3) is 0.370. The second-order valence-electron chi connectivity index (χ2n) is 8.69. The summed E-state index contributed by atoms with van der Waals surface area (Å²) in [6.45, 7) is 6.00. The Hall–Kier alpha value is -1.20. The standard InChI is InChI=1S/C15H20NO2.C12H13BrN2O2.K/c1-11-8-9-13(10-14(11)18-2)16-15(17)12-6-4-3-5-7-12;1-8-9(7-16)4-10(5-11(8)13)14-12(17)6-15(2)3;/h3,8-10,12H,4-7H2,1-2H3,(H,16,17);4-5H,1,6H2,2-3H3,(H,14,17);/q-1;-2;+1.